The van der Waals surface area contributed by atoms with E-state index < -0.39 is 0 Å². The summed E-state index contributed by atoms with van der Waals surface area (Å²) in [6.45, 7) is 0. The van der Waals surface area contributed by atoms with E-state index >= 15 is 0 Å². The minimum absolute atomic E-state index is 0.127. The molecule has 0 N–H and O–H groups in total. The summed E-state index contributed by atoms with van der Waals surface area (Å²) in [5.41, 5.74) is 0.987. The number of hydrogen-bond donors (Lipinski definition) is 0. The quantitative estimate of drug-likeness (QED) is 0.771. The zero-order valence-electron chi connectivity index (χ0n) is 8.11. The summed E-state index contributed by atoms with van der Waals surface area (Å²) >= 11 is 8.20. The molecule has 0 fully saturated rings. The SMILES string of the molecule is O=C(Cc1ccncc1)c1cc(Br)c(Br)s1. The van der Waals surface area contributed by atoms with Crippen molar-refractivity contribution in [3.05, 3.63) is 49.3 Å². The first kappa shape index (κ1) is 12.0. The molecule has 0 aromatic carbocycles. The molecule has 0 aliphatic rings. The van der Waals surface area contributed by atoms with Crippen molar-refractivity contribution < 1.29 is 4.79 Å². The highest BCUT2D eigenvalue weighted by Gasteiger charge is 2.12. The van der Waals surface area contributed by atoms with E-state index in [2.05, 4.69) is 36.8 Å². The first-order valence-corrected chi connectivity index (χ1v) is 6.94. The lowest BCUT2D eigenvalue weighted by molar-refractivity contribution is 0.0997. The predicted octanol–water partition coefficient (Wildman–Crippen LogP) is 4.09. The van der Waals surface area contributed by atoms with E-state index in [9.17, 15) is 4.79 Å². The number of aromatic nitrogens is 1. The maximum Gasteiger partial charge on any atom is 0.177 e. The van der Waals surface area contributed by atoms with Crippen LogP contribution in [-0.4, -0.2) is 10.8 Å². The third-order valence-electron chi connectivity index (χ3n) is 2.03. The van der Waals surface area contributed by atoms with Gasteiger partial charge in [-0.05, 0) is 55.6 Å². The van der Waals surface area contributed by atoms with E-state index in [1.807, 2.05) is 18.2 Å². The lowest BCUT2D eigenvalue weighted by Gasteiger charge is -1.97. The van der Waals surface area contributed by atoms with Gasteiger partial charge in [0, 0.05) is 23.3 Å². The van der Waals surface area contributed by atoms with E-state index in [4.69, 9.17) is 0 Å². The number of pyridine rings is 1. The molecule has 2 aromatic heterocycles. The lowest BCUT2D eigenvalue weighted by atomic mass is 10.1. The topological polar surface area (TPSA) is 30.0 Å². The van der Waals surface area contributed by atoms with Gasteiger partial charge in [-0.2, -0.15) is 0 Å². The minimum Gasteiger partial charge on any atom is -0.293 e. The van der Waals surface area contributed by atoms with Crippen molar-refractivity contribution in [3.8, 4) is 0 Å². The van der Waals surface area contributed by atoms with Crippen LogP contribution < -0.4 is 0 Å². The average molecular weight is 361 g/mol. The maximum absolute atomic E-state index is 11.9. The second-order valence-corrected chi connectivity index (χ2v) is 6.41. The summed E-state index contributed by atoms with van der Waals surface area (Å²) in [6.07, 6.45) is 3.81. The van der Waals surface area contributed by atoms with Crippen LogP contribution in [-0.2, 0) is 6.42 Å². The molecule has 0 saturated carbocycles. The van der Waals surface area contributed by atoms with Gasteiger partial charge in [0.2, 0.25) is 0 Å². The smallest absolute Gasteiger partial charge is 0.177 e. The van der Waals surface area contributed by atoms with Gasteiger partial charge >= 0.3 is 0 Å². The number of ketones is 1. The molecular weight excluding hydrogens is 354 g/mol. The highest BCUT2D eigenvalue weighted by molar-refractivity contribution is 9.13. The maximum atomic E-state index is 11.9. The number of hydrogen-bond acceptors (Lipinski definition) is 3. The van der Waals surface area contributed by atoms with Gasteiger partial charge in [0.15, 0.2) is 5.78 Å². The van der Waals surface area contributed by atoms with Crippen LogP contribution in [0.15, 0.2) is 38.9 Å². The fourth-order valence-electron chi connectivity index (χ4n) is 1.26. The third-order valence-corrected chi connectivity index (χ3v) is 5.33. The summed E-state index contributed by atoms with van der Waals surface area (Å²) in [5.74, 6) is 0.127. The van der Waals surface area contributed by atoms with Gasteiger partial charge in [0.05, 0.1) is 8.66 Å². The van der Waals surface area contributed by atoms with Crippen molar-refractivity contribution in [2.45, 2.75) is 6.42 Å². The van der Waals surface area contributed by atoms with Crippen molar-refractivity contribution in [1.29, 1.82) is 0 Å². The van der Waals surface area contributed by atoms with E-state index in [0.29, 0.717) is 6.42 Å². The van der Waals surface area contributed by atoms with E-state index in [1.54, 1.807) is 12.4 Å². The average Bonchev–Trinajstić information content (AvgIpc) is 2.61. The van der Waals surface area contributed by atoms with Gasteiger partial charge in [-0.1, -0.05) is 0 Å². The Morgan fingerprint density at radius 3 is 2.56 bits per heavy atom. The second-order valence-electron chi connectivity index (χ2n) is 3.19. The Kier molecular flexibility index (Phi) is 3.89. The van der Waals surface area contributed by atoms with Gasteiger partial charge in [-0.25, -0.2) is 0 Å². The summed E-state index contributed by atoms with van der Waals surface area (Å²) < 4.78 is 1.88. The molecule has 0 unspecified atom stereocenters. The highest BCUT2D eigenvalue weighted by Crippen LogP contribution is 2.32. The predicted molar refractivity (Wildman–Crippen MR) is 72.0 cm³/mol. The normalized spacial score (nSPS) is 10.4. The van der Waals surface area contributed by atoms with Crippen molar-refractivity contribution in [1.82, 2.24) is 4.98 Å². The van der Waals surface area contributed by atoms with Crippen molar-refractivity contribution in [2.24, 2.45) is 0 Å². The standard InChI is InChI=1S/C11H7Br2NOS/c12-8-6-10(16-11(8)13)9(15)5-7-1-3-14-4-2-7/h1-4,6H,5H2. The van der Waals surface area contributed by atoms with Gasteiger partial charge in [0.1, 0.15) is 0 Å². The van der Waals surface area contributed by atoms with Crippen molar-refractivity contribution in [2.75, 3.05) is 0 Å². The molecule has 0 saturated heterocycles. The Balaban J connectivity index is 2.15. The number of halogens is 2. The molecule has 0 aliphatic heterocycles. The van der Waals surface area contributed by atoms with Crippen LogP contribution in [0.2, 0.25) is 0 Å². The van der Waals surface area contributed by atoms with Crippen LogP contribution >= 0.6 is 43.2 Å². The van der Waals surface area contributed by atoms with E-state index in [1.165, 1.54) is 11.3 Å². The number of Topliss-reactive ketones (excluding diaryl/α,β-unsaturated/α-hetero) is 1. The minimum atomic E-state index is 0.127. The Morgan fingerprint density at radius 1 is 1.31 bits per heavy atom. The summed E-state index contributed by atoms with van der Waals surface area (Å²) in [6, 6.07) is 5.56. The van der Waals surface area contributed by atoms with E-state index in [0.717, 1.165) is 18.7 Å². The van der Waals surface area contributed by atoms with Gasteiger partial charge in [0.25, 0.3) is 0 Å². The van der Waals surface area contributed by atoms with Crippen LogP contribution in [0.25, 0.3) is 0 Å². The first-order chi connectivity index (χ1) is 7.66. The Bertz CT molecular complexity index is 490. The van der Waals surface area contributed by atoms with Gasteiger partial charge in [-0.3, -0.25) is 9.78 Å². The molecule has 0 aliphatic carbocycles. The Hall–Kier alpha value is -0.520. The summed E-state index contributed by atoms with van der Waals surface area (Å²) in [4.78, 5) is 16.6. The second kappa shape index (κ2) is 5.21. The summed E-state index contributed by atoms with van der Waals surface area (Å²) in [5, 5.41) is 0. The molecule has 5 heteroatoms. The number of rotatable bonds is 3. The Labute approximate surface area is 114 Å². The number of thiophene rings is 1. The largest absolute Gasteiger partial charge is 0.293 e. The van der Waals surface area contributed by atoms with Crippen molar-refractivity contribution in [3.63, 3.8) is 0 Å². The van der Waals surface area contributed by atoms with Crippen LogP contribution in [0.1, 0.15) is 15.2 Å². The Morgan fingerprint density at radius 2 is 2.00 bits per heavy atom. The molecule has 16 heavy (non-hydrogen) atoms. The van der Waals surface area contributed by atoms with E-state index in [-0.39, 0.29) is 5.78 Å². The van der Waals surface area contributed by atoms with Crippen LogP contribution in [0.3, 0.4) is 0 Å². The molecule has 0 amide bonds. The number of nitrogens with zero attached hydrogens (tertiary/aromatic N) is 1. The monoisotopic (exact) mass is 359 g/mol. The van der Waals surface area contributed by atoms with Gasteiger partial charge < -0.3 is 0 Å². The van der Waals surface area contributed by atoms with Crippen LogP contribution in [0.4, 0.5) is 0 Å². The zero-order chi connectivity index (χ0) is 11.5. The first-order valence-electron chi connectivity index (χ1n) is 4.54. The highest BCUT2D eigenvalue weighted by atomic mass is 79.9. The molecule has 0 bridgehead atoms. The van der Waals surface area contributed by atoms with Crippen molar-refractivity contribution >= 4 is 49.0 Å². The van der Waals surface area contributed by atoms with Crippen LogP contribution in [0, 0.1) is 0 Å². The molecule has 2 nitrogen and oxygen atoms in total. The number of carbonyl (C=O) groups excluding carboxylic acids is 1. The molecule has 2 heterocycles. The van der Waals surface area contributed by atoms with Crippen LogP contribution in [0.5, 0.6) is 0 Å². The van der Waals surface area contributed by atoms with Gasteiger partial charge in [-0.15, -0.1) is 11.3 Å². The fraction of sp³-hybridized carbons (Fsp3) is 0.0909. The molecule has 0 radical (unpaired) electrons. The fourth-order valence-corrected chi connectivity index (χ4v) is 3.23. The summed E-state index contributed by atoms with van der Waals surface area (Å²) in [7, 11) is 0. The third kappa shape index (κ3) is 2.78. The number of carbonyl (C=O) groups is 1. The molecule has 0 atom stereocenters. The molecule has 82 valence electrons. The molecular formula is C11H7Br2NOS. The molecule has 2 rings (SSSR count). The zero-order valence-corrected chi connectivity index (χ0v) is 12.1. The molecule has 0 spiro atoms. The lowest BCUT2D eigenvalue weighted by Crippen LogP contribution is -2.00. The molecule has 2 aromatic rings.